The molecule has 5 rings (SSSR count). The summed E-state index contributed by atoms with van der Waals surface area (Å²) < 4.78 is 19.6. The van der Waals surface area contributed by atoms with Gasteiger partial charge in [-0.05, 0) is 54.1 Å². The Morgan fingerprint density at radius 2 is 1.91 bits per heavy atom. The highest BCUT2D eigenvalue weighted by atomic mass is 35.5. The van der Waals surface area contributed by atoms with Gasteiger partial charge in [0.15, 0.2) is 4.87 Å². The van der Waals surface area contributed by atoms with E-state index in [1.54, 1.807) is 53.3 Å². The van der Waals surface area contributed by atoms with Gasteiger partial charge in [-0.25, -0.2) is 4.39 Å². The second kappa shape index (κ2) is 8.39. The van der Waals surface area contributed by atoms with Crippen molar-refractivity contribution in [3.63, 3.8) is 0 Å². The molecule has 168 valence electrons. The van der Waals surface area contributed by atoms with Crippen LogP contribution in [0.4, 0.5) is 10.1 Å². The first-order valence-electron chi connectivity index (χ1n) is 10.4. The predicted octanol–water partition coefficient (Wildman–Crippen LogP) is 5.08. The molecule has 8 heteroatoms. The third-order valence-electron chi connectivity index (χ3n) is 6.02. The summed E-state index contributed by atoms with van der Waals surface area (Å²) in [7, 11) is 1.55. The van der Waals surface area contributed by atoms with Crippen molar-refractivity contribution in [2.45, 2.75) is 11.4 Å². The monoisotopic (exact) mass is 482 g/mol. The van der Waals surface area contributed by atoms with E-state index in [4.69, 9.17) is 16.3 Å². The number of nitrogens with zero attached hydrogens (tertiary/aromatic N) is 2. The Morgan fingerprint density at radius 1 is 1.15 bits per heavy atom. The van der Waals surface area contributed by atoms with Gasteiger partial charge in [-0.2, -0.15) is 0 Å². The molecule has 1 fully saturated rings. The summed E-state index contributed by atoms with van der Waals surface area (Å²) in [6.07, 6.45) is 0. The van der Waals surface area contributed by atoms with Gasteiger partial charge in [0.25, 0.3) is 11.8 Å². The van der Waals surface area contributed by atoms with Gasteiger partial charge in [0.2, 0.25) is 0 Å². The summed E-state index contributed by atoms with van der Waals surface area (Å²) >= 11 is 7.72. The third-order valence-corrected chi connectivity index (χ3v) is 7.81. The van der Waals surface area contributed by atoms with E-state index in [1.807, 2.05) is 18.2 Å². The molecule has 1 spiro atoms. The number of hydrogen-bond donors (Lipinski definition) is 0. The number of ether oxygens (including phenoxy) is 1. The Morgan fingerprint density at radius 3 is 2.64 bits per heavy atom. The van der Waals surface area contributed by atoms with Crippen LogP contribution < -0.4 is 9.64 Å². The summed E-state index contributed by atoms with van der Waals surface area (Å²) in [4.78, 5) is 29.4. The van der Waals surface area contributed by atoms with Crippen LogP contribution in [-0.2, 0) is 16.2 Å². The lowest BCUT2D eigenvalue weighted by Crippen LogP contribution is -2.50. The second-order valence-electron chi connectivity index (χ2n) is 7.82. The summed E-state index contributed by atoms with van der Waals surface area (Å²) in [5, 5.41) is 0.542. The highest BCUT2D eigenvalue weighted by Crippen LogP contribution is 2.55. The maximum atomic E-state index is 14.4. The van der Waals surface area contributed by atoms with E-state index in [-0.39, 0.29) is 18.4 Å². The van der Waals surface area contributed by atoms with E-state index in [0.717, 1.165) is 5.56 Å². The molecule has 1 saturated heterocycles. The van der Waals surface area contributed by atoms with E-state index in [9.17, 15) is 14.0 Å². The Labute approximate surface area is 200 Å². The zero-order valence-electron chi connectivity index (χ0n) is 17.8. The molecule has 0 unspecified atom stereocenters. The normalized spacial score (nSPS) is 19.3. The summed E-state index contributed by atoms with van der Waals surface area (Å²) in [6, 6.07) is 18.4. The molecule has 2 amide bonds. The van der Waals surface area contributed by atoms with E-state index < -0.39 is 10.7 Å². The minimum atomic E-state index is -1.32. The van der Waals surface area contributed by atoms with Crippen molar-refractivity contribution in [1.29, 1.82) is 0 Å². The topological polar surface area (TPSA) is 49.9 Å². The van der Waals surface area contributed by atoms with Crippen LogP contribution in [0.5, 0.6) is 5.75 Å². The van der Waals surface area contributed by atoms with Gasteiger partial charge in [-0.15, -0.1) is 11.8 Å². The van der Waals surface area contributed by atoms with Gasteiger partial charge in [-0.1, -0.05) is 29.8 Å². The lowest BCUT2D eigenvalue weighted by atomic mass is 10.0. The van der Waals surface area contributed by atoms with Gasteiger partial charge in [0.1, 0.15) is 11.6 Å². The zero-order valence-corrected chi connectivity index (χ0v) is 19.3. The van der Waals surface area contributed by atoms with Crippen molar-refractivity contribution in [2.24, 2.45) is 0 Å². The molecule has 0 saturated carbocycles. The van der Waals surface area contributed by atoms with E-state index in [2.05, 4.69) is 0 Å². The van der Waals surface area contributed by atoms with Gasteiger partial charge >= 0.3 is 0 Å². The molecule has 2 aliphatic heterocycles. The number of fused-ring (bicyclic) bond motifs is 2. The van der Waals surface area contributed by atoms with Crippen molar-refractivity contribution >= 4 is 40.9 Å². The molecule has 5 nitrogen and oxygen atoms in total. The molecule has 33 heavy (non-hydrogen) atoms. The number of rotatable bonds is 4. The highest BCUT2D eigenvalue weighted by molar-refractivity contribution is 8.01. The van der Waals surface area contributed by atoms with E-state index in [1.165, 1.54) is 23.9 Å². The number of amides is 2. The number of methoxy groups -OCH3 is 1. The van der Waals surface area contributed by atoms with Gasteiger partial charge in [0, 0.05) is 28.4 Å². The number of hydrogen-bond acceptors (Lipinski definition) is 4. The molecule has 2 aliphatic rings. The van der Waals surface area contributed by atoms with Gasteiger partial charge in [0.05, 0.1) is 19.3 Å². The Hall–Kier alpha value is -3.03. The fourth-order valence-corrected chi connectivity index (χ4v) is 6.08. The van der Waals surface area contributed by atoms with Gasteiger partial charge in [-0.3, -0.25) is 9.59 Å². The predicted molar refractivity (Wildman–Crippen MR) is 127 cm³/mol. The van der Waals surface area contributed by atoms with Crippen molar-refractivity contribution in [3.8, 4) is 5.75 Å². The minimum absolute atomic E-state index is 0.226. The maximum absolute atomic E-state index is 14.4. The number of thioether (sulfide) groups is 1. The number of anilines is 1. The van der Waals surface area contributed by atoms with Crippen LogP contribution in [-0.4, -0.2) is 36.1 Å². The average Bonchev–Trinajstić information content (AvgIpc) is 3.37. The van der Waals surface area contributed by atoms with Crippen LogP contribution in [0.25, 0.3) is 0 Å². The molecule has 1 atom stereocenters. The lowest BCUT2D eigenvalue weighted by molar-refractivity contribution is -0.123. The largest absolute Gasteiger partial charge is 0.497 e. The Bertz CT molecular complexity index is 1250. The molecule has 0 aromatic heterocycles. The highest BCUT2D eigenvalue weighted by Gasteiger charge is 2.59. The maximum Gasteiger partial charge on any atom is 0.268 e. The minimum Gasteiger partial charge on any atom is -0.497 e. The Kier molecular flexibility index (Phi) is 5.54. The van der Waals surface area contributed by atoms with Crippen LogP contribution in [0, 0.1) is 5.82 Å². The van der Waals surface area contributed by atoms with Crippen LogP contribution >= 0.6 is 23.4 Å². The van der Waals surface area contributed by atoms with Crippen LogP contribution in [0.1, 0.15) is 21.5 Å². The quantitative estimate of drug-likeness (QED) is 0.520. The first-order chi connectivity index (χ1) is 16.0. The molecular formula is C25H20ClFN2O3S. The first-order valence-corrected chi connectivity index (χ1v) is 11.8. The number of carbonyl (C=O) groups is 2. The van der Waals surface area contributed by atoms with Crippen molar-refractivity contribution in [3.05, 3.63) is 94.3 Å². The smallest absolute Gasteiger partial charge is 0.268 e. The van der Waals surface area contributed by atoms with Crippen LogP contribution in [0.15, 0.2) is 66.7 Å². The molecule has 2 heterocycles. The summed E-state index contributed by atoms with van der Waals surface area (Å²) in [5.41, 5.74) is 2.29. The lowest BCUT2D eigenvalue weighted by Gasteiger charge is -2.33. The van der Waals surface area contributed by atoms with E-state index in [0.29, 0.717) is 39.9 Å². The molecule has 0 aliphatic carbocycles. The van der Waals surface area contributed by atoms with Crippen molar-refractivity contribution < 1.29 is 18.7 Å². The molecule has 0 radical (unpaired) electrons. The summed E-state index contributed by atoms with van der Waals surface area (Å²) in [6.45, 7) is 0.598. The summed E-state index contributed by atoms with van der Waals surface area (Å²) in [5.74, 6) is 0.180. The Balaban J connectivity index is 1.58. The van der Waals surface area contributed by atoms with Crippen molar-refractivity contribution in [1.82, 2.24) is 4.90 Å². The molecule has 0 N–H and O–H groups in total. The molecule has 3 aromatic rings. The fourth-order valence-electron chi connectivity index (χ4n) is 4.43. The zero-order chi connectivity index (χ0) is 23.2. The first kappa shape index (κ1) is 21.8. The third kappa shape index (κ3) is 3.47. The molecule has 3 aromatic carbocycles. The van der Waals surface area contributed by atoms with Crippen molar-refractivity contribution in [2.75, 3.05) is 24.3 Å². The standard InChI is InChI=1S/C25H20ClFN2O3S/c1-32-19-9-6-16(7-10-19)23(30)29-12-13-33-25(29)20-14-18(27)8-11-22(20)28(24(25)31)15-17-4-2-3-5-21(17)26/h2-11,14H,12-13,15H2,1H3/t25-/m0/s1. The van der Waals surface area contributed by atoms with Gasteiger partial charge < -0.3 is 14.5 Å². The number of benzene rings is 3. The van der Waals surface area contributed by atoms with Crippen LogP contribution in [0.3, 0.4) is 0 Å². The van der Waals surface area contributed by atoms with Crippen LogP contribution in [0.2, 0.25) is 5.02 Å². The number of carbonyl (C=O) groups excluding carboxylic acids is 2. The van der Waals surface area contributed by atoms with E-state index >= 15 is 0 Å². The molecule has 0 bridgehead atoms. The SMILES string of the molecule is COc1ccc(C(=O)N2CCS[C@@]23C(=O)N(Cc2ccccc2Cl)c2ccc(F)cc23)cc1. The number of halogens is 2. The average molecular weight is 483 g/mol. The molecular weight excluding hydrogens is 463 g/mol. The fraction of sp³-hybridized carbons (Fsp3) is 0.200. The second-order valence-corrected chi connectivity index (χ2v) is 9.52.